The molecule has 0 aromatic heterocycles. The van der Waals surface area contributed by atoms with Gasteiger partial charge in [-0.15, -0.1) is 0 Å². The molecule has 1 aliphatic heterocycles. The number of nitrogens with one attached hydrogen (secondary N) is 1. The van der Waals surface area contributed by atoms with Crippen molar-refractivity contribution in [3.63, 3.8) is 0 Å². The Bertz CT molecular complexity index is 581. The summed E-state index contributed by atoms with van der Waals surface area (Å²) in [5.74, 6) is 0.877. The first-order chi connectivity index (χ1) is 10.1. The van der Waals surface area contributed by atoms with Crippen LogP contribution in [-0.2, 0) is 9.59 Å². The van der Waals surface area contributed by atoms with E-state index < -0.39 is 6.10 Å². The van der Waals surface area contributed by atoms with Crippen LogP contribution in [0.3, 0.4) is 0 Å². The number of rotatable bonds is 4. The minimum absolute atomic E-state index is 0.0147. The molecule has 1 N–H and O–H groups in total. The molecular formula is C16H20N2O3. The summed E-state index contributed by atoms with van der Waals surface area (Å²) < 4.78 is 5.68. The summed E-state index contributed by atoms with van der Waals surface area (Å²) in [5.41, 5.74) is 1.51. The Morgan fingerprint density at radius 2 is 2.19 bits per heavy atom. The minimum Gasteiger partial charge on any atom is -0.479 e. The molecule has 2 amide bonds. The second-order valence-electron chi connectivity index (χ2n) is 5.70. The van der Waals surface area contributed by atoms with E-state index in [1.54, 1.807) is 17.9 Å². The van der Waals surface area contributed by atoms with Gasteiger partial charge in [0.2, 0.25) is 5.91 Å². The van der Waals surface area contributed by atoms with Crippen molar-refractivity contribution in [2.75, 3.05) is 16.8 Å². The molecule has 1 aliphatic carbocycles. The van der Waals surface area contributed by atoms with E-state index in [9.17, 15) is 9.59 Å². The highest BCUT2D eigenvalue weighted by atomic mass is 16.5. The maximum atomic E-state index is 12.2. The van der Waals surface area contributed by atoms with Crippen LogP contribution in [0.5, 0.6) is 5.75 Å². The summed E-state index contributed by atoms with van der Waals surface area (Å²) in [5, 5.41) is 2.90. The molecule has 1 fully saturated rings. The predicted molar refractivity (Wildman–Crippen MR) is 80.5 cm³/mol. The van der Waals surface area contributed by atoms with Gasteiger partial charge in [-0.05, 0) is 38.3 Å². The standard InChI is InChI=1S/C16H20N2O3/c1-3-8-18-13-7-6-12(17-15(19)11-4-5-11)9-14(13)21-10(2)16(18)20/h6-7,9-11H,3-5,8H2,1-2H3,(H,17,19). The molecule has 1 saturated carbocycles. The van der Waals surface area contributed by atoms with Crippen LogP contribution in [0.2, 0.25) is 0 Å². The fraction of sp³-hybridized carbons (Fsp3) is 0.500. The largest absolute Gasteiger partial charge is 0.479 e. The van der Waals surface area contributed by atoms with E-state index in [-0.39, 0.29) is 17.7 Å². The molecular weight excluding hydrogens is 268 g/mol. The van der Waals surface area contributed by atoms with Crippen LogP contribution in [0, 0.1) is 5.92 Å². The number of ether oxygens (including phenoxy) is 1. The molecule has 21 heavy (non-hydrogen) atoms. The Balaban J connectivity index is 1.85. The Hall–Kier alpha value is -2.04. The molecule has 3 rings (SSSR count). The first-order valence-corrected chi connectivity index (χ1v) is 7.53. The Kier molecular flexibility index (Phi) is 3.57. The van der Waals surface area contributed by atoms with Gasteiger partial charge in [0.15, 0.2) is 6.10 Å². The van der Waals surface area contributed by atoms with Gasteiger partial charge in [-0.25, -0.2) is 0 Å². The number of nitrogens with zero attached hydrogens (tertiary/aromatic N) is 1. The van der Waals surface area contributed by atoms with Gasteiger partial charge in [0.05, 0.1) is 5.69 Å². The number of carbonyl (C=O) groups is 2. The third-order valence-corrected chi connectivity index (χ3v) is 3.83. The summed E-state index contributed by atoms with van der Waals surface area (Å²) in [6.07, 6.45) is 2.35. The van der Waals surface area contributed by atoms with Crippen LogP contribution in [0.4, 0.5) is 11.4 Å². The highest BCUT2D eigenvalue weighted by Crippen LogP contribution is 2.37. The number of hydrogen-bond donors (Lipinski definition) is 1. The van der Waals surface area contributed by atoms with Gasteiger partial charge in [0.1, 0.15) is 5.75 Å². The molecule has 0 radical (unpaired) electrons. The van der Waals surface area contributed by atoms with E-state index in [0.29, 0.717) is 12.3 Å². The van der Waals surface area contributed by atoms with Crippen molar-refractivity contribution < 1.29 is 14.3 Å². The average Bonchev–Trinajstić information content (AvgIpc) is 3.28. The first kappa shape index (κ1) is 13.9. The van der Waals surface area contributed by atoms with Crippen molar-refractivity contribution in [3.05, 3.63) is 18.2 Å². The molecule has 1 unspecified atom stereocenters. The Morgan fingerprint density at radius 1 is 1.43 bits per heavy atom. The lowest BCUT2D eigenvalue weighted by molar-refractivity contribution is -0.125. The van der Waals surface area contributed by atoms with E-state index in [2.05, 4.69) is 5.32 Å². The van der Waals surface area contributed by atoms with Crippen LogP contribution in [0.15, 0.2) is 18.2 Å². The number of anilines is 2. The van der Waals surface area contributed by atoms with Crippen LogP contribution < -0.4 is 15.0 Å². The van der Waals surface area contributed by atoms with Gasteiger partial charge >= 0.3 is 0 Å². The summed E-state index contributed by atoms with van der Waals surface area (Å²) in [4.78, 5) is 25.7. The summed E-state index contributed by atoms with van der Waals surface area (Å²) >= 11 is 0. The molecule has 1 aromatic carbocycles. The van der Waals surface area contributed by atoms with Crippen LogP contribution in [0.25, 0.3) is 0 Å². The van der Waals surface area contributed by atoms with Crippen LogP contribution in [-0.4, -0.2) is 24.5 Å². The lowest BCUT2D eigenvalue weighted by atomic mass is 10.1. The zero-order valence-corrected chi connectivity index (χ0v) is 12.4. The molecule has 5 heteroatoms. The van der Waals surface area contributed by atoms with Gasteiger partial charge in [-0.2, -0.15) is 0 Å². The second-order valence-corrected chi connectivity index (χ2v) is 5.70. The Labute approximate surface area is 124 Å². The second kappa shape index (κ2) is 5.39. The Morgan fingerprint density at radius 3 is 2.86 bits per heavy atom. The quantitative estimate of drug-likeness (QED) is 0.926. The molecule has 0 bridgehead atoms. The van der Waals surface area contributed by atoms with E-state index in [4.69, 9.17) is 4.74 Å². The van der Waals surface area contributed by atoms with Gasteiger partial charge in [-0.3, -0.25) is 9.59 Å². The van der Waals surface area contributed by atoms with Gasteiger partial charge in [0.25, 0.3) is 5.91 Å². The molecule has 0 spiro atoms. The fourth-order valence-corrected chi connectivity index (χ4v) is 2.53. The minimum atomic E-state index is -0.488. The SMILES string of the molecule is CCCN1C(=O)C(C)Oc2cc(NC(=O)C3CC3)ccc21. The number of hydrogen-bond acceptors (Lipinski definition) is 3. The topological polar surface area (TPSA) is 58.6 Å². The van der Waals surface area contributed by atoms with E-state index in [0.717, 1.165) is 30.6 Å². The summed E-state index contributed by atoms with van der Waals surface area (Å²) in [6.45, 7) is 4.47. The summed E-state index contributed by atoms with van der Waals surface area (Å²) in [6, 6.07) is 5.48. The third-order valence-electron chi connectivity index (χ3n) is 3.83. The number of carbonyl (C=O) groups excluding carboxylic acids is 2. The van der Waals surface area contributed by atoms with Crippen molar-refractivity contribution in [2.24, 2.45) is 5.92 Å². The molecule has 5 nitrogen and oxygen atoms in total. The smallest absolute Gasteiger partial charge is 0.267 e. The van der Waals surface area contributed by atoms with Crippen molar-refractivity contribution in [2.45, 2.75) is 39.2 Å². The number of benzene rings is 1. The van der Waals surface area contributed by atoms with Gasteiger partial charge < -0.3 is 15.0 Å². The van der Waals surface area contributed by atoms with E-state index in [1.165, 1.54) is 0 Å². The highest BCUT2D eigenvalue weighted by Gasteiger charge is 2.32. The van der Waals surface area contributed by atoms with Crippen molar-refractivity contribution in [1.29, 1.82) is 0 Å². The molecule has 2 aliphatic rings. The van der Waals surface area contributed by atoms with E-state index in [1.807, 2.05) is 19.1 Å². The monoisotopic (exact) mass is 288 g/mol. The van der Waals surface area contributed by atoms with Crippen LogP contribution in [0.1, 0.15) is 33.1 Å². The fourth-order valence-electron chi connectivity index (χ4n) is 2.53. The average molecular weight is 288 g/mol. The first-order valence-electron chi connectivity index (χ1n) is 7.53. The molecule has 1 atom stereocenters. The van der Waals surface area contributed by atoms with Crippen molar-refractivity contribution >= 4 is 23.2 Å². The maximum absolute atomic E-state index is 12.2. The van der Waals surface area contributed by atoms with Crippen molar-refractivity contribution in [1.82, 2.24) is 0 Å². The zero-order chi connectivity index (χ0) is 15.0. The molecule has 112 valence electrons. The zero-order valence-electron chi connectivity index (χ0n) is 12.4. The third kappa shape index (κ3) is 2.73. The van der Waals surface area contributed by atoms with Gasteiger partial charge in [-0.1, -0.05) is 6.92 Å². The molecule has 1 aromatic rings. The molecule has 1 heterocycles. The summed E-state index contributed by atoms with van der Waals surface area (Å²) in [7, 11) is 0. The highest BCUT2D eigenvalue weighted by molar-refractivity contribution is 6.01. The van der Waals surface area contributed by atoms with Crippen molar-refractivity contribution in [3.8, 4) is 5.75 Å². The lowest BCUT2D eigenvalue weighted by Gasteiger charge is -2.33. The normalized spacial score (nSPS) is 20.8. The van der Waals surface area contributed by atoms with E-state index >= 15 is 0 Å². The molecule has 0 saturated heterocycles. The van der Waals surface area contributed by atoms with Gasteiger partial charge in [0, 0.05) is 24.2 Å². The maximum Gasteiger partial charge on any atom is 0.267 e. The number of fused-ring (bicyclic) bond motifs is 1. The van der Waals surface area contributed by atoms with Crippen LogP contribution >= 0.6 is 0 Å². The number of amides is 2. The predicted octanol–water partition coefficient (Wildman–Crippen LogP) is 2.56. The lowest BCUT2D eigenvalue weighted by Crippen LogP contribution is -2.44.